The Bertz CT molecular complexity index is 784. The van der Waals surface area contributed by atoms with E-state index in [1.807, 2.05) is 6.07 Å². The standard InChI is InChI=1S/C19H30N4O3S/c1-14-11-15(9-10-17(14)27(3,25)26)12-21-19(20-2)22-13-18(24)23-16-7-5-4-6-8-16/h9-11,16H,4-8,12-13H2,1-3H3,(H,23,24)(H2,20,21,22). The van der Waals surface area contributed by atoms with Crippen molar-refractivity contribution < 1.29 is 13.2 Å². The molecule has 0 heterocycles. The number of carbonyl (C=O) groups is 1. The number of amides is 1. The summed E-state index contributed by atoms with van der Waals surface area (Å²) in [6.07, 6.45) is 6.94. The molecule has 1 fully saturated rings. The molecule has 1 amide bonds. The third kappa shape index (κ3) is 6.86. The summed E-state index contributed by atoms with van der Waals surface area (Å²) in [6.45, 7) is 2.43. The average Bonchev–Trinajstić information content (AvgIpc) is 2.61. The molecule has 0 spiro atoms. The van der Waals surface area contributed by atoms with Crippen molar-refractivity contribution in [1.29, 1.82) is 0 Å². The summed E-state index contributed by atoms with van der Waals surface area (Å²) in [4.78, 5) is 16.5. The maximum absolute atomic E-state index is 12.1. The van der Waals surface area contributed by atoms with Gasteiger partial charge in [-0.25, -0.2) is 8.42 Å². The van der Waals surface area contributed by atoms with Gasteiger partial charge in [0.25, 0.3) is 0 Å². The first-order valence-electron chi connectivity index (χ1n) is 9.33. The zero-order chi connectivity index (χ0) is 19.9. The van der Waals surface area contributed by atoms with Crippen LogP contribution in [0.15, 0.2) is 28.1 Å². The van der Waals surface area contributed by atoms with Crippen molar-refractivity contribution in [1.82, 2.24) is 16.0 Å². The highest BCUT2D eigenvalue weighted by molar-refractivity contribution is 7.90. The quantitative estimate of drug-likeness (QED) is 0.502. The van der Waals surface area contributed by atoms with E-state index in [4.69, 9.17) is 0 Å². The summed E-state index contributed by atoms with van der Waals surface area (Å²) in [5.74, 6) is 0.497. The molecule has 0 unspecified atom stereocenters. The van der Waals surface area contributed by atoms with E-state index in [1.54, 1.807) is 26.1 Å². The molecule has 150 valence electrons. The van der Waals surface area contributed by atoms with E-state index in [9.17, 15) is 13.2 Å². The van der Waals surface area contributed by atoms with Crippen LogP contribution >= 0.6 is 0 Å². The van der Waals surface area contributed by atoms with Crippen LogP contribution in [0.5, 0.6) is 0 Å². The minimum Gasteiger partial charge on any atom is -0.352 e. The van der Waals surface area contributed by atoms with E-state index in [0.717, 1.165) is 18.4 Å². The summed E-state index contributed by atoms with van der Waals surface area (Å²) in [5, 5.41) is 9.21. The highest BCUT2D eigenvalue weighted by atomic mass is 32.2. The molecule has 1 saturated carbocycles. The maximum atomic E-state index is 12.1. The molecule has 1 aliphatic carbocycles. The van der Waals surface area contributed by atoms with Crippen molar-refractivity contribution in [2.24, 2.45) is 4.99 Å². The summed E-state index contributed by atoms with van der Waals surface area (Å²) >= 11 is 0. The fourth-order valence-corrected chi connectivity index (χ4v) is 4.29. The van der Waals surface area contributed by atoms with E-state index in [2.05, 4.69) is 20.9 Å². The highest BCUT2D eigenvalue weighted by Gasteiger charge is 2.15. The van der Waals surface area contributed by atoms with Crippen LogP contribution in [-0.4, -0.2) is 46.2 Å². The molecular formula is C19H30N4O3S. The zero-order valence-corrected chi connectivity index (χ0v) is 17.2. The summed E-state index contributed by atoms with van der Waals surface area (Å²) in [5.41, 5.74) is 1.65. The highest BCUT2D eigenvalue weighted by Crippen LogP contribution is 2.17. The predicted octanol–water partition coefficient (Wildman–Crippen LogP) is 1.51. The zero-order valence-electron chi connectivity index (χ0n) is 16.3. The molecule has 0 saturated heterocycles. The van der Waals surface area contributed by atoms with Crippen LogP contribution in [0.1, 0.15) is 43.2 Å². The van der Waals surface area contributed by atoms with Crippen LogP contribution in [0.3, 0.4) is 0 Å². The predicted molar refractivity (Wildman–Crippen MR) is 108 cm³/mol. The van der Waals surface area contributed by atoms with Gasteiger partial charge < -0.3 is 16.0 Å². The van der Waals surface area contributed by atoms with Gasteiger partial charge in [0.1, 0.15) is 0 Å². The van der Waals surface area contributed by atoms with Crippen molar-refractivity contribution in [3.8, 4) is 0 Å². The number of benzene rings is 1. The second-order valence-corrected chi connectivity index (χ2v) is 9.04. The van der Waals surface area contributed by atoms with Gasteiger partial charge >= 0.3 is 0 Å². The smallest absolute Gasteiger partial charge is 0.239 e. The summed E-state index contributed by atoms with van der Waals surface area (Å²) < 4.78 is 23.4. The van der Waals surface area contributed by atoms with Crippen LogP contribution in [0.2, 0.25) is 0 Å². The third-order valence-corrected chi connectivity index (χ3v) is 5.97. The van der Waals surface area contributed by atoms with Crippen molar-refractivity contribution in [3.05, 3.63) is 29.3 Å². The van der Waals surface area contributed by atoms with Crippen molar-refractivity contribution in [2.75, 3.05) is 19.8 Å². The van der Waals surface area contributed by atoms with Crippen LogP contribution in [-0.2, 0) is 21.2 Å². The first-order valence-corrected chi connectivity index (χ1v) is 11.2. The van der Waals surface area contributed by atoms with Gasteiger partial charge in [-0.15, -0.1) is 0 Å². The van der Waals surface area contributed by atoms with E-state index < -0.39 is 9.84 Å². The molecule has 27 heavy (non-hydrogen) atoms. The molecule has 7 nitrogen and oxygen atoms in total. The first kappa shape index (κ1) is 21.2. The average molecular weight is 395 g/mol. The molecule has 0 atom stereocenters. The number of nitrogens with one attached hydrogen (secondary N) is 3. The van der Waals surface area contributed by atoms with Crippen LogP contribution in [0.25, 0.3) is 0 Å². The molecule has 1 aromatic carbocycles. The van der Waals surface area contributed by atoms with Gasteiger partial charge in [-0.3, -0.25) is 9.79 Å². The Morgan fingerprint density at radius 2 is 1.89 bits per heavy atom. The van der Waals surface area contributed by atoms with Gasteiger partial charge in [0.15, 0.2) is 15.8 Å². The lowest BCUT2D eigenvalue weighted by molar-refractivity contribution is -0.120. The van der Waals surface area contributed by atoms with Gasteiger partial charge in [-0.05, 0) is 37.0 Å². The first-order chi connectivity index (χ1) is 12.8. The Kier molecular flexibility index (Phi) is 7.65. The minimum atomic E-state index is -3.22. The molecular weight excluding hydrogens is 364 g/mol. The van der Waals surface area contributed by atoms with Gasteiger partial charge in [0.2, 0.25) is 5.91 Å². The van der Waals surface area contributed by atoms with Crippen molar-refractivity contribution in [2.45, 2.75) is 56.5 Å². The Balaban J connectivity index is 1.81. The van der Waals surface area contributed by atoms with Crippen LogP contribution in [0, 0.1) is 6.92 Å². The van der Waals surface area contributed by atoms with Crippen molar-refractivity contribution >= 4 is 21.7 Å². The number of hydrogen-bond acceptors (Lipinski definition) is 4. The number of carbonyl (C=O) groups excluding carboxylic acids is 1. The molecule has 3 N–H and O–H groups in total. The maximum Gasteiger partial charge on any atom is 0.239 e. The number of rotatable bonds is 6. The van der Waals surface area contributed by atoms with E-state index in [-0.39, 0.29) is 12.5 Å². The van der Waals surface area contributed by atoms with Gasteiger partial charge in [0, 0.05) is 25.9 Å². The lowest BCUT2D eigenvalue weighted by Gasteiger charge is -2.23. The number of sulfone groups is 1. The second kappa shape index (κ2) is 9.73. The number of aryl methyl sites for hydroxylation is 1. The number of guanidine groups is 1. The Morgan fingerprint density at radius 3 is 2.48 bits per heavy atom. The number of hydrogen-bond donors (Lipinski definition) is 3. The molecule has 0 aliphatic heterocycles. The van der Waals surface area contributed by atoms with Gasteiger partial charge in [-0.2, -0.15) is 0 Å². The van der Waals surface area contributed by atoms with E-state index >= 15 is 0 Å². The fraction of sp³-hybridized carbons (Fsp3) is 0.579. The molecule has 0 aromatic heterocycles. The molecule has 2 rings (SSSR count). The third-order valence-electron chi connectivity index (χ3n) is 4.71. The van der Waals surface area contributed by atoms with Gasteiger partial charge in [-0.1, -0.05) is 31.4 Å². The Hall–Kier alpha value is -2.09. The molecule has 0 bridgehead atoms. The minimum absolute atomic E-state index is 0.0294. The summed E-state index contributed by atoms with van der Waals surface area (Å²) in [7, 11) is -1.57. The van der Waals surface area contributed by atoms with E-state index in [1.165, 1.54) is 25.5 Å². The van der Waals surface area contributed by atoms with Crippen LogP contribution in [0.4, 0.5) is 0 Å². The number of nitrogens with zero attached hydrogens (tertiary/aromatic N) is 1. The normalized spacial score (nSPS) is 16.0. The van der Waals surface area contributed by atoms with Gasteiger partial charge in [0.05, 0.1) is 11.4 Å². The number of aliphatic imine (C=N–C) groups is 1. The molecule has 1 aromatic rings. The Labute approximate surface area is 162 Å². The lowest BCUT2D eigenvalue weighted by Crippen LogP contribution is -2.45. The largest absolute Gasteiger partial charge is 0.352 e. The van der Waals surface area contributed by atoms with Crippen LogP contribution < -0.4 is 16.0 Å². The molecule has 1 aliphatic rings. The lowest BCUT2D eigenvalue weighted by atomic mass is 9.95. The van der Waals surface area contributed by atoms with E-state index in [0.29, 0.717) is 29.0 Å². The molecule has 8 heteroatoms. The fourth-order valence-electron chi connectivity index (χ4n) is 3.33. The monoisotopic (exact) mass is 394 g/mol. The van der Waals surface area contributed by atoms with Crippen molar-refractivity contribution in [3.63, 3.8) is 0 Å². The Morgan fingerprint density at radius 1 is 1.19 bits per heavy atom. The second-order valence-electron chi connectivity index (χ2n) is 7.05. The molecule has 0 radical (unpaired) electrons. The SMILES string of the molecule is CN=C(NCC(=O)NC1CCCCC1)NCc1ccc(S(C)(=O)=O)c(C)c1. The topological polar surface area (TPSA) is 99.7 Å². The summed E-state index contributed by atoms with van der Waals surface area (Å²) in [6, 6.07) is 5.53.